The molecule has 1 aromatic heterocycles. The summed E-state index contributed by atoms with van der Waals surface area (Å²) in [6, 6.07) is 12.4. The molecule has 1 N–H and O–H groups in total. The Bertz CT molecular complexity index is 912. The largest absolute Gasteiger partial charge is 0.443 e. The SMILES string of the molecule is CC(C)c1ccc(S(=O)(=O)NCc2ccc3ncoc3c2)cc1. The molecule has 5 nitrogen and oxygen atoms in total. The third-order valence-corrected chi connectivity index (χ3v) is 5.14. The van der Waals surface area contributed by atoms with Crippen molar-refractivity contribution in [2.45, 2.75) is 31.2 Å². The summed E-state index contributed by atoms with van der Waals surface area (Å²) in [4.78, 5) is 4.30. The maximum Gasteiger partial charge on any atom is 0.240 e. The molecule has 0 spiro atoms. The van der Waals surface area contributed by atoms with Gasteiger partial charge in [0.1, 0.15) is 5.52 Å². The quantitative estimate of drug-likeness (QED) is 0.778. The molecule has 3 aromatic rings. The second-order valence-corrected chi connectivity index (χ2v) is 7.47. The van der Waals surface area contributed by atoms with Crippen molar-refractivity contribution in [3.8, 4) is 0 Å². The van der Waals surface area contributed by atoms with E-state index < -0.39 is 10.0 Å². The van der Waals surface area contributed by atoms with Gasteiger partial charge in [0.05, 0.1) is 4.90 Å². The Kier molecular flexibility index (Phi) is 4.19. The van der Waals surface area contributed by atoms with Crippen molar-refractivity contribution in [2.75, 3.05) is 0 Å². The molecule has 1 heterocycles. The number of aromatic nitrogens is 1. The summed E-state index contributed by atoms with van der Waals surface area (Å²) in [5.41, 5.74) is 3.32. The number of rotatable bonds is 5. The summed E-state index contributed by atoms with van der Waals surface area (Å²) in [6.45, 7) is 4.34. The van der Waals surface area contributed by atoms with Gasteiger partial charge >= 0.3 is 0 Å². The van der Waals surface area contributed by atoms with E-state index in [2.05, 4.69) is 23.6 Å². The van der Waals surface area contributed by atoms with Crippen LogP contribution in [0.5, 0.6) is 0 Å². The van der Waals surface area contributed by atoms with Crippen LogP contribution in [0.25, 0.3) is 11.1 Å². The first kappa shape index (κ1) is 15.7. The number of fused-ring (bicyclic) bond motifs is 1. The number of nitrogens with one attached hydrogen (secondary N) is 1. The van der Waals surface area contributed by atoms with Crippen LogP contribution < -0.4 is 4.72 Å². The topological polar surface area (TPSA) is 72.2 Å². The predicted molar refractivity (Wildman–Crippen MR) is 88.6 cm³/mol. The van der Waals surface area contributed by atoms with Crippen molar-refractivity contribution in [3.05, 3.63) is 60.0 Å². The average molecular weight is 330 g/mol. The summed E-state index contributed by atoms with van der Waals surface area (Å²) in [5, 5.41) is 0. The molecule has 6 heteroatoms. The van der Waals surface area contributed by atoms with Crippen molar-refractivity contribution in [1.82, 2.24) is 9.71 Å². The van der Waals surface area contributed by atoms with Gasteiger partial charge in [-0.05, 0) is 41.3 Å². The van der Waals surface area contributed by atoms with Crippen molar-refractivity contribution in [3.63, 3.8) is 0 Å². The number of hydrogen-bond donors (Lipinski definition) is 1. The van der Waals surface area contributed by atoms with E-state index >= 15 is 0 Å². The molecule has 0 radical (unpaired) electrons. The van der Waals surface area contributed by atoms with Crippen LogP contribution >= 0.6 is 0 Å². The van der Waals surface area contributed by atoms with Gasteiger partial charge in [0.2, 0.25) is 10.0 Å². The van der Waals surface area contributed by atoms with Crippen LogP contribution in [-0.4, -0.2) is 13.4 Å². The first-order valence-corrected chi connectivity index (χ1v) is 8.86. The number of benzene rings is 2. The molecule has 2 aromatic carbocycles. The lowest BCUT2D eigenvalue weighted by Crippen LogP contribution is -2.23. The molecule has 0 saturated carbocycles. The Labute approximate surface area is 135 Å². The summed E-state index contributed by atoms with van der Waals surface area (Å²) < 4.78 is 32.5. The van der Waals surface area contributed by atoms with E-state index in [-0.39, 0.29) is 11.4 Å². The van der Waals surface area contributed by atoms with Gasteiger partial charge in [-0.15, -0.1) is 0 Å². The lowest BCUT2D eigenvalue weighted by molar-refractivity contribution is 0.580. The molecule has 0 unspecified atom stereocenters. The van der Waals surface area contributed by atoms with E-state index in [4.69, 9.17) is 4.42 Å². The predicted octanol–water partition coefficient (Wildman–Crippen LogP) is 3.43. The minimum absolute atomic E-state index is 0.199. The number of nitrogens with zero attached hydrogens (tertiary/aromatic N) is 1. The van der Waals surface area contributed by atoms with Gasteiger partial charge in [0.25, 0.3) is 0 Å². The van der Waals surface area contributed by atoms with E-state index in [0.29, 0.717) is 11.5 Å². The van der Waals surface area contributed by atoms with Crippen molar-refractivity contribution in [1.29, 1.82) is 0 Å². The molecule has 120 valence electrons. The van der Waals surface area contributed by atoms with Crippen molar-refractivity contribution >= 4 is 21.1 Å². The molecule has 0 aliphatic carbocycles. The second kappa shape index (κ2) is 6.14. The standard InChI is InChI=1S/C17H18N2O3S/c1-12(2)14-4-6-15(7-5-14)23(20,21)19-10-13-3-8-16-17(9-13)22-11-18-16/h3-9,11-12,19H,10H2,1-2H3. The van der Waals surface area contributed by atoms with E-state index in [9.17, 15) is 8.42 Å². The molecular formula is C17H18N2O3S. The maximum absolute atomic E-state index is 12.4. The van der Waals surface area contributed by atoms with Crippen LogP contribution in [0.3, 0.4) is 0 Å². The van der Waals surface area contributed by atoms with Gasteiger partial charge in [-0.2, -0.15) is 0 Å². The third-order valence-electron chi connectivity index (χ3n) is 3.72. The van der Waals surface area contributed by atoms with Gasteiger partial charge in [-0.1, -0.05) is 32.0 Å². The second-order valence-electron chi connectivity index (χ2n) is 5.70. The van der Waals surface area contributed by atoms with Gasteiger partial charge in [-0.3, -0.25) is 0 Å². The molecule has 0 fully saturated rings. The highest BCUT2D eigenvalue weighted by atomic mass is 32.2. The lowest BCUT2D eigenvalue weighted by Gasteiger charge is -2.09. The van der Waals surface area contributed by atoms with Crippen molar-refractivity contribution < 1.29 is 12.8 Å². The molecular weight excluding hydrogens is 312 g/mol. The molecule has 3 rings (SSSR count). The average Bonchev–Trinajstić information content (AvgIpc) is 3.01. The minimum atomic E-state index is -3.54. The van der Waals surface area contributed by atoms with Crippen LogP contribution in [0.4, 0.5) is 0 Å². The summed E-state index contributed by atoms with van der Waals surface area (Å²) >= 11 is 0. The van der Waals surface area contributed by atoms with Crippen LogP contribution in [0.1, 0.15) is 30.9 Å². The van der Waals surface area contributed by atoms with Crippen LogP contribution in [-0.2, 0) is 16.6 Å². The van der Waals surface area contributed by atoms with Crippen molar-refractivity contribution in [2.24, 2.45) is 0 Å². The number of hydrogen-bond acceptors (Lipinski definition) is 4. The Morgan fingerprint density at radius 1 is 1.13 bits per heavy atom. The van der Waals surface area contributed by atoms with E-state index in [1.165, 1.54) is 6.39 Å². The van der Waals surface area contributed by atoms with Crippen LogP contribution in [0.15, 0.2) is 58.2 Å². The van der Waals surface area contributed by atoms with E-state index in [1.54, 1.807) is 24.3 Å². The number of oxazole rings is 1. The fourth-order valence-electron chi connectivity index (χ4n) is 2.30. The number of sulfonamides is 1. The normalized spacial score (nSPS) is 12.1. The Balaban J connectivity index is 1.75. The molecule has 0 aliphatic rings. The van der Waals surface area contributed by atoms with Crippen LogP contribution in [0, 0.1) is 0 Å². The summed E-state index contributed by atoms with van der Waals surface area (Å²) in [7, 11) is -3.54. The van der Waals surface area contributed by atoms with Crippen LogP contribution in [0.2, 0.25) is 0 Å². The fraction of sp³-hybridized carbons (Fsp3) is 0.235. The van der Waals surface area contributed by atoms with E-state index in [1.807, 2.05) is 18.2 Å². The molecule has 0 saturated heterocycles. The summed E-state index contributed by atoms with van der Waals surface area (Å²) in [6.07, 6.45) is 1.37. The maximum atomic E-state index is 12.4. The fourth-order valence-corrected chi connectivity index (χ4v) is 3.32. The van der Waals surface area contributed by atoms with Gasteiger partial charge in [0, 0.05) is 6.54 Å². The Morgan fingerprint density at radius 2 is 1.87 bits per heavy atom. The lowest BCUT2D eigenvalue weighted by atomic mass is 10.0. The van der Waals surface area contributed by atoms with Gasteiger partial charge < -0.3 is 4.42 Å². The zero-order valence-electron chi connectivity index (χ0n) is 13.0. The summed E-state index contributed by atoms with van der Waals surface area (Å²) in [5.74, 6) is 0.369. The smallest absolute Gasteiger partial charge is 0.240 e. The molecule has 0 aliphatic heterocycles. The third kappa shape index (κ3) is 3.43. The first-order valence-electron chi connectivity index (χ1n) is 7.37. The van der Waals surface area contributed by atoms with Gasteiger partial charge in [-0.25, -0.2) is 18.1 Å². The Morgan fingerprint density at radius 3 is 2.57 bits per heavy atom. The zero-order chi connectivity index (χ0) is 16.4. The highest BCUT2D eigenvalue weighted by molar-refractivity contribution is 7.89. The zero-order valence-corrected chi connectivity index (χ0v) is 13.8. The highest BCUT2D eigenvalue weighted by Crippen LogP contribution is 2.18. The molecule has 23 heavy (non-hydrogen) atoms. The minimum Gasteiger partial charge on any atom is -0.443 e. The van der Waals surface area contributed by atoms with Gasteiger partial charge in [0.15, 0.2) is 12.0 Å². The monoisotopic (exact) mass is 330 g/mol. The first-order chi connectivity index (χ1) is 11.0. The molecule has 0 amide bonds. The molecule has 0 atom stereocenters. The Hall–Kier alpha value is -2.18. The highest BCUT2D eigenvalue weighted by Gasteiger charge is 2.14. The van der Waals surface area contributed by atoms with E-state index in [0.717, 1.165) is 16.6 Å². The molecule has 0 bridgehead atoms.